The van der Waals surface area contributed by atoms with Crippen LogP contribution in [0.25, 0.3) is 0 Å². The van der Waals surface area contributed by atoms with Crippen molar-refractivity contribution >= 4 is 17.9 Å². The molecule has 110 valence electrons. The van der Waals surface area contributed by atoms with Crippen molar-refractivity contribution in [2.45, 2.75) is 19.8 Å². The van der Waals surface area contributed by atoms with Gasteiger partial charge in [0.25, 0.3) is 0 Å². The molecule has 0 aromatic carbocycles. The van der Waals surface area contributed by atoms with E-state index in [1.165, 1.54) is 0 Å². The highest BCUT2D eigenvalue weighted by molar-refractivity contribution is 5.85. The minimum Gasteiger partial charge on any atom is -0.480 e. The predicted molar refractivity (Wildman–Crippen MR) is 67.5 cm³/mol. The van der Waals surface area contributed by atoms with Crippen molar-refractivity contribution in [1.82, 2.24) is 10.2 Å². The van der Waals surface area contributed by atoms with Gasteiger partial charge in [0.05, 0.1) is 0 Å². The SMILES string of the molecule is CCCOCCCNC(=O)N(CC(N)=O)CC(=O)O. The van der Waals surface area contributed by atoms with Crippen molar-refractivity contribution in [1.29, 1.82) is 0 Å². The van der Waals surface area contributed by atoms with E-state index in [1.807, 2.05) is 6.92 Å². The Morgan fingerprint density at radius 3 is 2.47 bits per heavy atom. The molecular formula is C11H21N3O5. The van der Waals surface area contributed by atoms with Gasteiger partial charge in [-0.15, -0.1) is 0 Å². The zero-order chi connectivity index (χ0) is 14.7. The predicted octanol–water partition coefficient (Wildman–Crippen LogP) is -0.615. The van der Waals surface area contributed by atoms with Crippen molar-refractivity contribution in [3.8, 4) is 0 Å². The van der Waals surface area contributed by atoms with Gasteiger partial charge in [0.2, 0.25) is 5.91 Å². The van der Waals surface area contributed by atoms with E-state index in [4.69, 9.17) is 15.6 Å². The van der Waals surface area contributed by atoms with Gasteiger partial charge in [0, 0.05) is 19.8 Å². The molecule has 0 saturated heterocycles. The first kappa shape index (κ1) is 17.2. The van der Waals surface area contributed by atoms with E-state index < -0.39 is 31.0 Å². The van der Waals surface area contributed by atoms with Gasteiger partial charge in [-0.2, -0.15) is 0 Å². The normalized spacial score (nSPS) is 9.95. The minimum atomic E-state index is -1.21. The molecule has 0 radical (unpaired) electrons. The van der Waals surface area contributed by atoms with Gasteiger partial charge in [0.15, 0.2) is 0 Å². The lowest BCUT2D eigenvalue weighted by Crippen LogP contribution is -2.46. The molecule has 0 bridgehead atoms. The number of urea groups is 1. The van der Waals surface area contributed by atoms with E-state index in [0.717, 1.165) is 11.3 Å². The molecule has 0 aromatic heterocycles. The Morgan fingerprint density at radius 2 is 1.95 bits per heavy atom. The molecule has 0 unspecified atom stereocenters. The highest BCUT2D eigenvalue weighted by atomic mass is 16.5. The number of primary amides is 1. The van der Waals surface area contributed by atoms with Crippen LogP contribution in [-0.4, -0.2) is 60.8 Å². The van der Waals surface area contributed by atoms with Crippen LogP contribution in [0.15, 0.2) is 0 Å². The number of carboxylic acids is 1. The summed E-state index contributed by atoms with van der Waals surface area (Å²) in [4.78, 5) is 33.7. The molecule has 0 heterocycles. The summed E-state index contributed by atoms with van der Waals surface area (Å²) in [5, 5.41) is 11.1. The third kappa shape index (κ3) is 9.83. The molecular weight excluding hydrogens is 254 g/mol. The van der Waals surface area contributed by atoms with Crippen LogP contribution in [-0.2, 0) is 14.3 Å². The average molecular weight is 275 g/mol. The molecule has 8 nitrogen and oxygen atoms in total. The quantitative estimate of drug-likeness (QED) is 0.459. The first-order chi connectivity index (χ1) is 8.97. The Kier molecular flexibility index (Phi) is 9.15. The Balaban J connectivity index is 3.96. The van der Waals surface area contributed by atoms with Gasteiger partial charge < -0.3 is 25.8 Å². The molecule has 0 spiro atoms. The van der Waals surface area contributed by atoms with Gasteiger partial charge in [0.1, 0.15) is 13.1 Å². The van der Waals surface area contributed by atoms with Crippen LogP contribution < -0.4 is 11.1 Å². The second kappa shape index (κ2) is 10.1. The molecule has 0 saturated carbocycles. The number of hydrogen-bond donors (Lipinski definition) is 3. The van der Waals surface area contributed by atoms with Crippen LogP contribution in [0.2, 0.25) is 0 Å². The summed E-state index contributed by atoms with van der Waals surface area (Å²) in [6, 6.07) is -0.628. The average Bonchev–Trinajstić information content (AvgIpc) is 2.31. The molecule has 0 aliphatic rings. The molecule has 0 aromatic rings. The number of carbonyl (C=O) groups is 3. The number of aliphatic carboxylic acids is 1. The van der Waals surface area contributed by atoms with E-state index in [-0.39, 0.29) is 0 Å². The number of rotatable bonds is 10. The monoisotopic (exact) mass is 275 g/mol. The molecule has 0 fully saturated rings. The maximum atomic E-state index is 11.6. The fourth-order valence-electron chi connectivity index (χ4n) is 1.28. The topological polar surface area (TPSA) is 122 Å². The summed E-state index contributed by atoms with van der Waals surface area (Å²) in [7, 11) is 0. The summed E-state index contributed by atoms with van der Waals surface area (Å²) in [5.41, 5.74) is 4.94. The third-order valence-corrected chi connectivity index (χ3v) is 2.05. The second-order valence-corrected chi connectivity index (χ2v) is 3.91. The maximum Gasteiger partial charge on any atom is 0.323 e. The van der Waals surface area contributed by atoms with E-state index in [9.17, 15) is 14.4 Å². The van der Waals surface area contributed by atoms with Crippen molar-refractivity contribution in [3.05, 3.63) is 0 Å². The highest BCUT2D eigenvalue weighted by Crippen LogP contribution is 1.91. The number of nitrogens with two attached hydrogens (primary N) is 1. The van der Waals surface area contributed by atoms with Crippen molar-refractivity contribution < 1.29 is 24.2 Å². The molecule has 0 rings (SSSR count). The van der Waals surface area contributed by atoms with Gasteiger partial charge in [-0.05, 0) is 12.8 Å². The van der Waals surface area contributed by atoms with Crippen LogP contribution >= 0.6 is 0 Å². The zero-order valence-electron chi connectivity index (χ0n) is 11.1. The lowest BCUT2D eigenvalue weighted by molar-refractivity contribution is -0.137. The smallest absolute Gasteiger partial charge is 0.323 e. The van der Waals surface area contributed by atoms with Gasteiger partial charge in [-0.25, -0.2) is 4.79 Å². The van der Waals surface area contributed by atoms with Crippen LogP contribution in [0.1, 0.15) is 19.8 Å². The van der Waals surface area contributed by atoms with Crippen molar-refractivity contribution in [2.75, 3.05) is 32.8 Å². The molecule has 0 aliphatic carbocycles. The Labute approximate surface area is 111 Å². The van der Waals surface area contributed by atoms with Crippen LogP contribution in [0.4, 0.5) is 4.79 Å². The lowest BCUT2D eigenvalue weighted by atomic mass is 10.4. The molecule has 19 heavy (non-hydrogen) atoms. The van der Waals surface area contributed by atoms with E-state index in [0.29, 0.717) is 26.2 Å². The van der Waals surface area contributed by atoms with Crippen LogP contribution in [0.3, 0.4) is 0 Å². The van der Waals surface area contributed by atoms with Gasteiger partial charge in [-0.1, -0.05) is 6.92 Å². The van der Waals surface area contributed by atoms with Gasteiger partial charge in [-0.3, -0.25) is 9.59 Å². The summed E-state index contributed by atoms with van der Waals surface area (Å²) in [5.74, 6) is -1.97. The Bertz CT molecular complexity index is 293. The van der Waals surface area contributed by atoms with E-state index in [1.54, 1.807) is 0 Å². The van der Waals surface area contributed by atoms with Crippen LogP contribution in [0.5, 0.6) is 0 Å². The second-order valence-electron chi connectivity index (χ2n) is 3.91. The molecule has 0 aliphatic heterocycles. The Morgan fingerprint density at radius 1 is 1.26 bits per heavy atom. The number of nitrogens with one attached hydrogen (secondary N) is 1. The van der Waals surface area contributed by atoms with E-state index in [2.05, 4.69) is 5.32 Å². The summed E-state index contributed by atoms with van der Waals surface area (Å²) < 4.78 is 5.22. The minimum absolute atomic E-state index is 0.345. The zero-order valence-corrected chi connectivity index (χ0v) is 11.1. The maximum absolute atomic E-state index is 11.6. The largest absolute Gasteiger partial charge is 0.480 e. The number of carbonyl (C=O) groups excluding carboxylic acids is 2. The van der Waals surface area contributed by atoms with Crippen molar-refractivity contribution in [2.24, 2.45) is 5.73 Å². The molecule has 3 amide bonds. The molecule has 8 heteroatoms. The number of amides is 3. The number of nitrogens with zero attached hydrogens (tertiary/aromatic N) is 1. The summed E-state index contributed by atoms with van der Waals surface area (Å²) in [6.45, 7) is 2.53. The third-order valence-electron chi connectivity index (χ3n) is 2.05. The first-order valence-corrected chi connectivity index (χ1v) is 6.08. The lowest BCUT2D eigenvalue weighted by Gasteiger charge is -2.19. The number of ether oxygens (including phenoxy) is 1. The van der Waals surface area contributed by atoms with E-state index >= 15 is 0 Å². The van der Waals surface area contributed by atoms with Crippen LogP contribution in [0, 0.1) is 0 Å². The fourth-order valence-corrected chi connectivity index (χ4v) is 1.28. The van der Waals surface area contributed by atoms with Crippen molar-refractivity contribution in [3.63, 3.8) is 0 Å². The fraction of sp³-hybridized carbons (Fsp3) is 0.727. The highest BCUT2D eigenvalue weighted by Gasteiger charge is 2.17. The number of hydrogen-bond acceptors (Lipinski definition) is 4. The summed E-state index contributed by atoms with van der Waals surface area (Å²) >= 11 is 0. The standard InChI is InChI=1S/C11H21N3O5/c1-2-5-19-6-3-4-13-11(18)14(7-9(12)15)8-10(16)17/h2-8H2,1H3,(H2,12,15)(H,13,18)(H,16,17). The molecule has 0 atom stereocenters. The Hall–Kier alpha value is -1.83. The van der Waals surface area contributed by atoms with Gasteiger partial charge >= 0.3 is 12.0 Å². The number of carboxylic acid groups (broad SMARTS) is 1. The summed E-state index contributed by atoms with van der Waals surface area (Å²) in [6.07, 6.45) is 1.54. The first-order valence-electron chi connectivity index (χ1n) is 6.08. The molecule has 4 N–H and O–H groups in total.